The zero-order chi connectivity index (χ0) is 43.8. The highest BCUT2D eigenvalue weighted by molar-refractivity contribution is 6.04. The molecule has 0 aliphatic rings. The van der Waals surface area contributed by atoms with Gasteiger partial charge in [-0.05, 0) is 198 Å². The molecule has 0 aliphatic heterocycles. The van der Waals surface area contributed by atoms with Crippen LogP contribution in [-0.4, -0.2) is 0 Å². The van der Waals surface area contributed by atoms with E-state index in [1.807, 2.05) is 0 Å². The second-order valence-corrected chi connectivity index (χ2v) is 17.1. The molecule has 0 saturated carbocycles. The van der Waals surface area contributed by atoms with Crippen molar-refractivity contribution < 1.29 is 0 Å². The monoisotopic (exact) mass is 840 g/mol. The van der Waals surface area contributed by atoms with Crippen molar-refractivity contribution >= 4 is 77.2 Å². The lowest BCUT2D eigenvalue weighted by Crippen LogP contribution is -2.09. The summed E-state index contributed by atoms with van der Waals surface area (Å²) in [5, 5.41) is 9.87. The van der Waals surface area contributed by atoms with E-state index in [1.54, 1.807) is 0 Å². The fourth-order valence-corrected chi connectivity index (χ4v) is 9.56. The lowest BCUT2D eigenvalue weighted by atomic mass is 9.94. The molecule has 0 bridgehead atoms. The molecule has 0 unspecified atom stereocenters. The molecule has 2 heteroatoms. The zero-order valence-electron chi connectivity index (χ0n) is 36.3. The third-order valence-electron chi connectivity index (χ3n) is 12.9. The van der Waals surface area contributed by atoms with Gasteiger partial charge in [0.1, 0.15) is 0 Å². The van der Waals surface area contributed by atoms with E-state index in [0.717, 1.165) is 34.1 Å². The number of hydrogen-bond acceptors (Lipinski definition) is 2. The minimum atomic E-state index is 1.12. The van der Waals surface area contributed by atoms with E-state index in [1.165, 1.54) is 76.5 Å². The maximum absolute atomic E-state index is 2.34. The number of fused-ring (bicyclic) bond motifs is 4. The molecule has 12 rings (SSSR count). The average Bonchev–Trinajstić information content (AvgIpc) is 3.38. The van der Waals surface area contributed by atoms with E-state index in [9.17, 15) is 0 Å². The van der Waals surface area contributed by atoms with E-state index in [4.69, 9.17) is 0 Å². The fourth-order valence-electron chi connectivity index (χ4n) is 9.56. The van der Waals surface area contributed by atoms with E-state index < -0.39 is 0 Å². The van der Waals surface area contributed by atoms with Crippen LogP contribution in [0.4, 0.5) is 34.1 Å². The Morgan fingerprint density at radius 3 is 0.667 bits per heavy atom. The first-order valence-electron chi connectivity index (χ1n) is 22.6. The summed E-state index contributed by atoms with van der Waals surface area (Å²) in [4.78, 5) is 4.63. The molecule has 310 valence electrons. The lowest BCUT2D eigenvalue weighted by molar-refractivity contribution is 1.28. The molecule has 0 saturated heterocycles. The summed E-state index contributed by atoms with van der Waals surface area (Å²) in [6.45, 7) is 0. The van der Waals surface area contributed by atoms with Gasteiger partial charge in [-0.25, -0.2) is 0 Å². The zero-order valence-corrected chi connectivity index (χ0v) is 36.3. The van der Waals surface area contributed by atoms with Crippen molar-refractivity contribution in [3.63, 3.8) is 0 Å². The van der Waals surface area contributed by atoms with Gasteiger partial charge in [0.15, 0.2) is 0 Å². The normalized spacial score (nSPS) is 11.3. The number of hydrogen-bond donors (Lipinski definition) is 0. The Morgan fingerprint density at radius 2 is 0.394 bits per heavy atom. The van der Waals surface area contributed by atoms with Crippen LogP contribution >= 0.6 is 0 Å². The van der Waals surface area contributed by atoms with Crippen molar-refractivity contribution in [1.82, 2.24) is 0 Å². The molecule has 0 atom stereocenters. The number of anilines is 6. The predicted molar refractivity (Wildman–Crippen MR) is 282 cm³/mol. The minimum absolute atomic E-state index is 1.12. The molecule has 0 radical (unpaired) electrons. The Hall–Kier alpha value is -8.72. The summed E-state index contributed by atoms with van der Waals surface area (Å²) < 4.78 is 0. The van der Waals surface area contributed by atoms with Crippen LogP contribution in [0.3, 0.4) is 0 Å². The number of benzene rings is 12. The molecule has 0 heterocycles. The summed E-state index contributed by atoms with van der Waals surface area (Å²) in [6, 6.07) is 96.9. The first-order chi connectivity index (χ1) is 32.7. The van der Waals surface area contributed by atoms with Crippen molar-refractivity contribution in [2.24, 2.45) is 0 Å². The average molecular weight is 841 g/mol. The number of nitrogens with zero attached hydrogens (tertiary/aromatic N) is 2. The maximum Gasteiger partial charge on any atom is 0.0467 e. The minimum Gasteiger partial charge on any atom is -0.310 e. The van der Waals surface area contributed by atoms with E-state index in [2.05, 4.69) is 277 Å². The Kier molecular flexibility index (Phi) is 9.89. The molecule has 12 aromatic carbocycles. The third kappa shape index (κ3) is 7.51. The third-order valence-corrected chi connectivity index (χ3v) is 12.9. The van der Waals surface area contributed by atoms with Crippen LogP contribution in [0.1, 0.15) is 0 Å². The molecular formula is C64H44N2. The maximum atomic E-state index is 2.34. The molecule has 0 fully saturated rings. The van der Waals surface area contributed by atoms with E-state index in [-0.39, 0.29) is 0 Å². The quantitative estimate of drug-likeness (QED) is 0.134. The Labute approximate surface area is 385 Å². The van der Waals surface area contributed by atoms with Crippen LogP contribution < -0.4 is 9.80 Å². The SMILES string of the molecule is c1ccc(N(c2ccccc2)c2cccc(-c3ccc4cc5cc(-c6ccc7cc8cc(-c9cccc(N(c%10ccccc%10)c%10ccccc%10)c9)ccc8cc7c6)ccc5cc4c3)c2)cc1. The van der Waals surface area contributed by atoms with Gasteiger partial charge in [0.2, 0.25) is 0 Å². The van der Waals surface area contributed by atoms with Gasteiger partial charge in [-0.1, -0.05) is 146 Å². The van der Waals surface area contributed by atoms with Crippen LogP contribution in [0.5, 0.6) is 0 Å². The summed E-state index contributed by atoms with van der Waals surface area (Å²) in [5.74, 6) is 0. The number of para-hydroxylation sites is 4. The van der Waals surface area contributed by atoms with Crippen LogP contribution in [-0.2, 0) is 0 Å². The smallest absolute Gasteiger partial charge is 0.0467 e. The standard InChI is InChI=1S/C64H44N2/c1-5-17-59(18-6-1)65(60-19-7-2-8-20-60)63-25-13-15-45(43-63)47-27-31-51-41-57-37-49(29-33-53(57)39-55(51)35-47)50-30-34-54-40-56-36-48(28-32-52(56)42-58(54)38-50)46-16-14-26-64(44-46)66(61-21-9-3-10-22-61)62-23-11-4-12-24-62/h1-44H. The molecule has 0 aliphatic carbocycles. The second-order valence-electron chi connectivity index (χ2n) is 17.1. The first kappa shape index (κ1) is 38.9. The van der Waals surface area contributed by atoms with Crippen molar-refractivity contribution in [2.45, 2.75) is 0 Å². The number of rotatable bonds is 9. The van der Waals surface area contributed by atoms with Gasteiger partial charge in [-0.2, -0.15) is 0 Å². The van der Waals surface area contributed by atoms with Gasteiger partial charge >= 0.3 is 0 Å². The lowest BCUT2D eigenvalue weighted by Gasteiger charge is -2.26. The fraction of sp³-hybridized carbons (Fsp3) is 0. The van der Waals surface area contributed by atoms with Crippen molar-refractivity contribution in [3.05, 3.63) is 267 Å². The van der Waals surface area contributed by atoms with Crippen molar-refractivity contribution in [1.29, 1.82) is 0 Å². The summed E-state index contributed by atoms with van der Waals surface area (Å²) in [7, 11) is 0. The van der Waals surface area contributed by atoms with Crippen molar-refractivity contribution in [2.75, 3.05) is 9.80 Å². The molecule has 66 heavy (non-hydrogen) atoms. The van der Waals surface area contributed by atoms with Gasteiger partial charge in [0, 0.05) is 34.1 Å². The molecule has 0 N–H and O–H groups in total. The molecule has 12 aromatic rings. The van der Waals surface area contributed by atoms with Gasteiger partial charge in [-0.15, -0.1) is 0 Å². The van der Waals surface area contributed by atoms with Crippen LogP contribution in [0.15, 0.2) is 267 Å². The van der Waals surface area contributed by atoms with Crippen LogP contribution in [0.25, 0.3) is 76.5 Å². The highest BCUT2D eigenvalue weighted by atomic mass is 15.1. The molecule has 2 nitrogen and oxygen atoms in total. The van der Waals surface area contributed by atoms with E-state index in [0.29, 0.717) is 0 Å². The highest BCUT2D eigenvalue weighted by Crippen LogP contribution is 2.40. The molecular weight excluding hydrogens is 797 g/mol. The van der Waals surface area contributed by atoms with Crippen LogP contribution in [0.2, 0.25) is 0 Å². The highest BCUT2D eigenvalue weighted by Gasteiger charge is 2.15. The molecule has 0 amide bonds. The Balaban J connectivity index is 0.827. The predicted octanol–water partition coefficient (Wildman–Crippen LogP) is 18.2. The summed E-state index contributed by atoms with van der Waals surface area (Å²) in [5.41, 5.74) is 14.0. The Morgan fingerprint density at radius 1 is 0.152 bits per heavy atom. The summed E-state index contributed by atoms with van der Waals surface area (Å²) in [6.07, 6.45) is 0. The van der Waals surface area contributed by atoms with Gasteiger partial charge in [-0.3, -0.25) is 0 Å². The molecule has 0 spiro atoms. The first-order valence-corrected chi connectivity index (χ1v) is 22.6. The topological polar surface area (TPSA) is 6.48 Å². The van der Waals surface area contributed by atoms with Crippen molar-refractivity contribution in [3.8, 4) is 33.4 Å². The Bertz CT molecular complexity index is 3370. The summed E-state index contributed by atoms with van der Waals surface area (Å²) >= 11 is 0. The van der Waals surface area contributed by atoms with Gasteiger partial charge in [0.05, 0.1) is 0 Å². The second kappa shape index (κ2) is 16.8. The van der Waals surface area contributed by atoms with Gasteiger partial charge in [0.25, 0.3) is 0 Å². The van der Waals surface area contributed by atoms with Crippen LogP contribution in [0, 0.1) is 0 Å². The molecule has 0 aromatic heterocycles. The van der Waals surface area contributed by atoms with E-state index >= 15 is 0 Å². The van der Waals surface area contributed by atoms with Gasteiger partial charge < -0.3 is 9.80 Å². The largest absolute Gasteiger partial charge is 0.310 e.